The van der Waals surface area contributed by atoms with E-state index >= 15 is 0 Å². The highest BCUT2D eigenvalue weighted by Crippen LogP contribution is 2.21. The van der Waals surface area contributed by atoms with Crippen LogP contribution in [0.25, 0.3) is 0 Å². The van der Waals surface area contributed by atoms with Crippen LogP contribution in [0.2, 0.25) is 5.02 Å². The number of amides is 1. The number of hydrazone groups is 1. The molecule has 1 atom stereocenters. The predicted octanol–water partition coefficient (Wildman–Crippen LogP) is 3.57. The third-order valence-electron chi connectivity index (χ3n) is 3.18. The summed E-state index contributed by atoms with van der Waals surface area (Å²) in [4.78, 5) is 11.6. The van der Waals surface area contributed by atoms with Gasteiger partial charge in [-0.05, 0) is 49.9 Å². The number of benzene rings is 1. The minimum Gasteiger partial charge on any atom is -0.483 e. The van der Waals surface area contributed by atoms with Crippen molar-refractivity contribution in [2.24, 2.45) is 11.0 Å². The summed E-state index contributed by atoms with van der Waals surface area (Å²) in [5, 5.41) is 4.71. The van der Waals surface area contributed by atoms with Gasteiger partial charge in [-0.15, -0.1) is 0 Å². The van der Waals surface area contributed by atoms with Crippen LogP contribution >= 0.6 is 11.6 Å². The molecule has 0 radical (unpaired) electrons. The summed E-state index contributed by atoms with van der Waals surface area (Å²) in [6.45, 7) is 7.86. The Labute approximate surface area is 125 Å². The number of halogens is 1. The lowest BCUT2D eigenvalue weighted by molar-refractivity contribution is -0.123. The van der Waals surface area contributed by atoms with Gasteiger partial charge in [-0.1, -0.05) is 25.4 Å². The second kappa shape index (κ2) is 7.90. The van der Waals surface area contributed by atoms with Crippen LogP contribution in [0.3, 0.4) is 0 Å². The molecule has 0 aromatic heterocycles. The predicted molar refractivity (Wildman–Crippen MR) is 82.4 cm³/mol. The molecule has 5 heteroatoms. The minimum atomic E-state index is -0.276. The molecule has 0 unspecified atom stereocenters. The fourth-order valence-corrected chi connectivity index (χ4v) is 1.73. The highest BCUT2D eigenvalue weighted by molar-refractivity contribution is 6.30. The van der Waals surface area contributed by atoms with Crippen molar-refractivity contribution in [3.63, 3.8) is 0 Å². The summed E-state index contributed by atoms with van der Waals surface area (Å²) in [7, 11) is 0. The van der Waals surface area contributed by atoms with Gasteiger partial charge in [0.25, 0.3) is 5.91 Å². The van der Waals surface area contributed by atoms with Crippen molar-refractivity contribution in [2.45, 2.75) is 34.1 Å². The largest absolute Gasteiger partial charge is 0.483 e. The van der Waals surface area contributed by atoms with Gasteiger partial charge in [0.1, 0.15) is 5.75 Å². The van der Waals surface area contributed by atoms with Gasteiger partial charge in [0.05, 0.1) is 0 Å². The fraction of sp³-hybridized carbons (Fsp3) is 0.467. The van der Waals surface area contributed by atoms with Gasteiger partial charge in [-0.25, -0.2) is 5.43 Å². The molecular weight excluding hydrogens is 276 g/mol. The van der Waals surface area contributed by atoms with Crippen LogP contribution in [0, 0.1) is 12.8 Å². The van der Waals surface area contributed by atoms with Crippen LogP contribution in [0.5, 0.6) is 5.75 Å². The van der Waals surface area contributed by atoms with Crippen molar-refractivity contribution in [2.75, 3.05) is 6.61 Å². The van der Waals surface area contributed by atoms with Gasteiger partial charge in [0.2, 0.25) is 0 Å². The first-order chi connectivity index (χ1) is 9.43. The number of carbonyl (C=O) groups is 1. The summed E-state index contributed by atoms with van der Waals surface area (Å²) >= 11 is 5.85. The molecule has 0 fully saturated rings. The van der Waals surface area contributed by atoms with E-state index in [1.807, 2.05) is 13.8 Å². The Hall–Kier alpha value is -1.55. The van der Waals surface area contributed by atoms with Crippen LogP contribution in [-0.2, 0) is 4.79 Å². The highest BCUT2D eigenvalue weighted by Gasteiger charge is 2.06. The SMILES string of the molecule is CC[C@@H](C)/C(C)=N\NC(=O)COc1ccc(Cl)cc1C. The molecule has 0 aliphatic carbocycles. The Morgan fingerprint density at radius 1 is 1.50 bits per heavy atom. The first-order valence-electron chi connectivity index (χ1n) is 6.66. The molecule has 0 saturated heterocycles. The van der Waals surface area contributed by atoms with Crippen LogP contribution < -0.4 is 10.2 Å². The number of carbonyl (C=O) groups excluding carboxylic acids is 1. The second-order valence-electron chi connectivity index (χ2n) is 4.80. The van der Waals surface area contributed by atoms with E-state index in [0.717, 1.165) is 17.7 Å². The molecule has 0 aliphatic heterocycles. The van der Waals surface area contributed by atoms with Crippen molar-refractivity contribution in [3.8, 4) is 5.75 Å². The van der Waals surface area contributed by atoms with E-state index in [-0.39, 0.29) is 12.5 Å². The number of hydrogen-bond acceptors (Lipinski definition) is 3. The van der Waals surface area contributed by atoms with Crippen LogP contribution in [0.1, 0.15) is 32.8 Å². The van der Waals surface area contributed by atoms with E-state index < -0.39 is 0 Å². The van der Waals surface area contributed by atoms with E-state index in [9.17, 15) is 4.79 Å². The first kappa shape index (κ1) is 16.5. The summed E-state index contributed by atoms with van der Waals surface area (Å²) in [5.41, 5.74) is 4.30. The van der Waals surface area contributed by atoms with E-state index in [1.165, 1.54) is 0 Å². The third-order valence-corrected chi connectivity index (χ3v) is 3.41. The molecule has 0 spiro atoms. The Bertz CT molecular complexity index is 501. The maximum absolute atomic E-state index is 11.6. The second-order valence-corrected chi connectivity index (χ2v) is 5.23. The van der Waals surface area contributed by atoms with Crippen molar-refractivity contribution < 1.29 is 9.53 Å². The van der Waals surface area contributed by atoms with Gasteiger partial charge in [0.15, 0.2) is 6.61 Å². The summed E-state index contributed by atoms with van der Waals surface area (Å²) < 4.78 is 5.43. The standard InChI is InChI=1S/C15H21ClN2O2/c1-5-10(2)12(4)17-18-15(19)9-20-14-7-6-13(16)8-11(14)3/h6-8,10H,5,9H2,1-4H3,(H,18,19)/b17-12-/t10-/m1/s1. The van der Waals surface area contributed by atoms with Gasteiger partial charge in [-0.3, -0.25) is 4.79 Å². The number of hydrogen-bond donors (Lipinski definition) is 1. The lowest BCUT2D eigenvalue weighted by Gasteiger charge is -2.10. The van der Waals surface area contributed by atoms with Gasteiger partial charge in [0, 0.05) is 10.7 Å². The Kier molecular flexibility index (Phi) is 6.52. The molecule has 1 rings (SSSR count). The molecule has 1 aromatic carbocycles. The van der Waals surface area contributed by atoms with Crippen molar-refractivity contribution in [1.82, 2.24) is 5.43 Å². The van der Waals surface area contributed by atoms with Crippen LogP contribution in [-0.4, -0.2) is 18.2 Å². The van der Waals surface area contributed by atoms with Gasteiger partial charge >= 0.3 is 0 Å². The minimum absolute atomic E-state index is 0.0697. The monoisotopic (exact) mass is 296 g/mol. The Morgan fingerprint density at radius 3 is 2.80 bits per heavy atom. The summed E-state index contributed by atoms with van der Waals surface area (Å²) in [6, 6.07) is 5.27. The Balaban J connectivity index is 2.48. The number of nitrogens with one attached hydrogen (secondary N) is 1. The van der Waals surface area contributed by atoms with E-state index in [0.29, 0.717) is 16.7 Å². The van der Waals surface area contributed by atoms with Crippen molar-refractivity contribution in [3.05, 3.63) is 28.8 Å². The maximum Gasteiger partial charge on any atom is 0.277 e. The summed E-state index contributed by atoms with van der Waals surface area (Å²) in [6.07, 6.45) is 0.992. The average Bonchev–Trinajstić information content (AvgIpc) is 2.42. The lowest BCUT2D eigenvalue weighted by Crippen LogP contribution is -2.26. The smallest absolute Gasteiger partial charge is 0.277 e. The molecule has 0 heterocycles. The van der Waals surface area contributed by atoms with Gasteiger partial charge < -0.3 is 4.74 Å². The topological polar surface area (TPSA) is 50.7 Å². The van der Waals surface area contributed by atoms with Crippen molar-refractivity contribution >= 4 is 23.2 Å². The molecule has 1 amide bonds. The number of ether oxygens (including phenoxy) is 1. The molecule has 110 valence electrons. The molecule has 0 bridgehead atoms. The Morgan fingerprint density at radius 2 is 2.20 bits per heavy atom. The molecule has 0 aliphatic rings. The highest BCUT2D eigenvalue weighted by atomic mass is 35.5. The van der Waals surface area contributed by atoms with E-state index in [1.54, 1.807) is 18.2 Å². The molecule has 1 N–H and O–H groups in total. The van der Waals surface area contributed by atoms with Gasteiger partial charge in [-0.2, -0.15) is 5.10 Å². The number of aryl methyl sites for hydroxylation is 1. The molecule has 1 aromatic rings. The zero-order chi connectivity index (χ0) is 15.1. The normalized spacial score (nSPS) is 12.9. The number of rotatable bonds is 6. The number of nitrogens with zero attached hydrogens (tertiary/aromatic N) is 1. The maximum atomic E-state index is 11.6. The first-order valence-corrected chi connectivity index (χ1v) is 7.03. The lowest BCUT2D eigenvalue weighted by atomic mass is 10.1. The zero-order valence-electron chi connectivity index (χ0n) is 12.4. The van der Waals surface area contributed by atoms with Crippen LogP contribution in [0.4, 0.5) is 0 Å². The summed E-state index contributed by atoms with van der Waals surface area (Å²) in [5.74, 6) is 0.726. The fourth-order valence-electron chi connectivity index (χ4n) is 1.51. The van der Waals surface area contributed by atoms with Crippen LogP contribution in [0.15, 0.2) is 23.3 Å². The molecular formula is C15H21ClN2O2. The zero-order valence-corrected chi connectivity index (χ0v) is 13.1. The third kappa shape index (κ3) is 5.21. The quantitative estimate of drug-likeness (QED) is 0.644. The van der Waals surface area contributed by atoms with Crippen molar-refractivity contribution in [1.29, 1.82) is 0 Å². The molecule has 0 saturated carbocycles. The van der Waals surface area contributed by atoms with E-state index in [2.05, 4.69) is 24.4 Å². The molecule has 4 nitrogen and oxygen atoms in total. The van der Waals surface area contributed by atoms with E-state index in [4.69, 9.17) is 16.3 Å². The molecule has 20 heavy (non-hydrogen) atoms. The average molecular weight is 297 g/mol.